The first-order valence-corrected chi connectivity index (χ1v) is 5.26. The highest BCUT2D eigenvalue weighted by Crippen LogP contribution is 2.23. The topological polar surface area (TPSA) is 63.4 Å². The molecule has 0 aromatic heterocycles. The van der Waals surface area contributed by atoms with Crippen molar-refractivity contribution in [1.29, 1.82) is 0 Å². The normalized spacial score (nSPS) is 10.8. The number of benzene rings is 1. The SMILES string of the molecule is CCCC=CCc1cc([N+](=O)[O-])ccc1O. The fraction of sp³-hybridized carbons (Fsp3) is 0.333. The molecular formula is C12H15NO3. The number of nitrogens with zero attached hydrogens (tertiary/aromatic N) is 1. The molecule has 0 saturated carbocycles. The lowest BCUT2D eigenvalue weighted by Crippen LogP contribution is -1.90. The van der Waals surface area contributed by atoms with Crippen molar-refractivity contribution >= 4 is 5.69 Å². The molecule has 0 spiro atoms. The molecule has 0 aliphatic carbocycles. The van der Waals surface area contributed by atoms with Crippen molar-refractivity contribution in [2.24, 2.45) is 0 Å². The Kier molecular flexibility index (Phi) is 4.51. The number of hydrogen-bond donors (Lipinski definition) is 1. The van der Waals surface area contributed by atoms with Crippen LogP contribution in [-0.2, 0) is 6.42 Å². The number of phenolic OH excluding ortho intramolecular Hbond substituents is 1. The number of phenols is 1. The highest BCUT2D eigenvalue weighted by atomic mass is 16.6. The third-order valence-electron chi connectivity index (χ3n) is 2.23. The Morgan fingerprint density at radius 3 is 2.81 bits per heavy atom. The van der Waals surface area contributed by atoms with E-state index in [4.69, 9.17) is 0 Å². The van der Waals surface area contributed by atoms with Crippen LogP contribution >= 0.6 is 0 Å². The first kappa shape index (κ1) is 12.2. The van der Waals surface area contributed by atoms with Gasteiger partial charge in [-0.3, -0.25) is 10.1 Å². The van der Waals surface area contributed by atoms with Crippen LogP contribution in [0.3, 0.4) is 0 Å². The summed E-state index contributed by atoms with van der Waals surface area (Å²) in [5.74, 6) is 0.103. The summed E-state index contributed by atoms with van der Waals surface area (Å²) in [5, 5.41) is 20.1. The zero-order valence-electron chi connectivity index (χ0n) is 9.22. The number of hydrogen-bond acceptors (Lipinski definition) is 3. The molecule has 1 N–H and O–H groups in total. The zero-order chi connectivity index (χ0) is 12.0. The third-order valence-corrected chi connectivity index (χ3v) is 2.23. The van der Waals surface area contributed by atoms with Gasteiger partial charge in [-0.2, -0.15) is 0 Å². The van der Waals surface area contributed by atoms with E-state index >= 15 is 0 Å². The van der Waals surface area contributed by atoms with Gasteiger partial charge >= 0.3 is 0 Å². The Hall–Kier alpha value is -1.84. The van der Waals surface area contributed by atoms with Crippen LogP contribution in [-0.4, -0.2) is 10.0 Å². The molecule has 0 aliphatic rings. The van der Waals surface area contributed by atoms with Crippen molar-refractivity contribution in [1.82, 2.24) is 0 Å². The summed E-state index contributed by atoms with van der Waals surface area (Å²) in [6.45, 7) is 2.08. The lowest BCUT2D eigenvalue weighted by Gasteiger charge is -2.00. The molecule has 1 aromatic rings. The number of unbranched alkanes of at least 4 members (excludes halogenated alkanes) is 1. The van der Waals surface area contributed by atoms with E-state index in [-0.39, 0.29) is 11.4 Å². The lowest BCUT2D eigenvalue weighted by atomic mass is 10.1. The van der Waals surface area contributed by atoms with Crippen LogP contribution in [0.1, 0.15) is 25.3 Å². The van der Waals surface area contributed by atoms with Gasteiger partial charge in [0.25, 0.3) is 5.69 Å². The average Bonchev–Trinajstić information content (AvgIpc) is 2.26. The van der Waals surface area contributed by atoms with E-state index in [1.807, 2.05) is 12.2 Å². The van der Waals surface area contributed by atoms with Gasteiger partial charge in [-0.25, -0.2) is 0 Å². The molecular weight excluding hydrogens is 206 g/mol. The van der Waals surface area contributed by atoms with E-state index in [0.717, 1.165) is 12.8 Å². The molecule has 0 unspecified atom stereocenters. The Labute approximate surface area is 94.4 Å². The van der Waals surface area contributed by atoms with E-state index in [1.54, 1.807) is 0 Å². The number of aromatic hydroxyl groups is 1. The van der Waals surface area contributed by atoms with Crippen molar-refractivity contribution in [3.8, 4) is 5.75 Å². The van der Waals surface area contributed by atoms with Gasteiger partial charge in [-0.05, 0) is 18.9 Å². The van der Waals surface area contributed by atoms with E-state index in [2.05, 4.69) is 6.92 Å². The maximum atomic E-state index is 10.5. The Bertz CT molecular complexity index is 399. The number of rotatable bonds is 5. The fourth-order valence-corrected chi connectivity index (χ4v) is 1.34. The average molecular weight is 221 g/mol. The monoisotopic (exact) mass is 221 g/mol. The largest absolute Gasteiger partial charge is 0.508 e. The van der Waals surface area contributed by atoms with Crippen molar-refractivity contribution in [2.75, 3.05) is 0 Å². The van der Waals surface area contributed by atoms with Gasteiger partial charge < -0.3 is 5.11 Å². The van der Waals surface area contributed by atoms with Gasteiger partial charge in [0.2, 0.25) is 0 Å². The first-order valence-electron chi connectivity index (χ1n) is 5.26. The van der Waals surface area contributed by atoms with Crippen LogP contribution in [0, 0.1) is 10.1 Å². The molecule has 0 radical (unpaired) electrons. The summed E-state index contributed by atoms with van der Waals surface area (Å²) >= 11 is 0. The van der Waals surface area contributed by atoms with Gasteiger partial charge in [-0.15, -0.1) is 0 Å². The highest BCUT2D eigenvalue weighted by molar-refractivity contribution is 5.43. The molecule has 0 aliphatic heterocycles. The summed E-state index contributed by atoms with van der Waals surface area (Å²) in [6, 6.07) is 4.07. The molecule has 0 atom stereocenters. The fourth-order valence-electron chi connectivity index (χ4n) is 1.34. The minimum absolute atomic E-state index is 0.0108. The molecule has 4 heteroatoms. The number of nitro groups is 1. The molecule has 0 saturated heterocycles. The summed E-state index contributed by atoms with van der Waals surface area (Å²) in [5.41, 5.74) is 0.596. The maximum absolute atomic E-state index is 10.5. The molecule has 86 valence electrons. The van der Waals surface area contributed by atoms with Crippen molar-refractivity contribution in [2.45, 2.75) is 26.2 Å². The lowest BCUT2D eigenvalue weighted by molar-refractivity contribution is -0.384. The first-order chi connectivity index (χ1) is 7.65. The van der Waals surface area contributed by atoms with Crippen LogP contribution < -0.4 is 0 Å². The Morgan fingerprint density at radius 2 is 2.19 bits per heavy atom. The van der Waals surface area contributed by atoms with Crippen molar-refractivity contribution in [3.63, 3.8) is 0 Å². The van der Waals surface area contributed by atoms with E-state index < -0.39 is 4.92 Å². The van der Waals surface area contributed by atoms with Gasteiger partial charge in [0.15, 0.2) is 0 Å². The predicted octanol–water partition coefficient (Wildman–Crippen LogP) is 3.20. The van der Waals surface area contributed by atoms with Crippen LogP contribution in [0.5, 0.6) is 5.75 Å². The van der Waals surface area contributed by atoms with Gasteiger partial charge in [0, 0.05) is 17.7 Å². The number of allylic oxidation sites excluding steroid dienone is 2. The molecule has 0 fully saturated rings. The zero-order valence-corrected chi connectivity index (χ0v) is 9.22. The van der Waals surface area contributed by atoms with Gasteiger partial charge in [0.1, 0.15) is 5.75 Å². The quantitative estimate of drug-likeness (QED) is 0.471. The van der Waals surface area contributed by atoms with Crippen LogP contribution in [0.25, 0.3) is 0 Å². The number of nitro benzene ring substituents is 1. The molecule has 0 heterocycles. The Balaban J connectivity index is 2.78. The van der Waals surface area contributed by atoms with Crippen LogP contribution in [0.4, 0.5) is 5.69 Å². The molecule has 16 heavy (non-hydrogen) atoms. The van der Waals surface area contributed by atoms with Crippen LogP contribution in [0.15, 0.2) is 30.4 Å². The second kappa shape index (κ2) is 5.90. The van der Waals surface area contributed by atoms with Gasteiger partial charge in [-0.1, -0.05) is 25.5 Å². The van der Waals surface area contributed by atoms with E-state index in [0.29, 0.717) is 12.0 Å². The predicted molar refractivity (Wildman–Crippen MR) is 62.5 cm³/mol. The second-order valence-electron chi connectivity index (χ2n) is 3.53. The standard InChI is InChI=1S/C12H15NO3/c1-2-3-4-5-6-10-9-11(13(15)16)7-8-12(10)14/h4-5,7-9,14H,2-3,6H2,1H3. The molecule has 4 nitrogen and oxygen atoms in total. The third kappa shape index (κ3) is 3.38. The molecule has 0 amide bonds. The van der Waals surface area contributed by atoms with E-state index in [1.165, 1.54) is 18.2 Å². The Morgan fingerprint density at radius 1 is 1.44 bits per heavy atom. The van der Waals surface area contributed by atoms with Gasteiger partial charge in [0.05, 0.1) is 4.92 Å². The molecule has 1 aromatic carbocycles. The van der Waals surface area contributed by atoms with E-state index in [9.17, 15) is 15.2 Å². The minimum atomic E-state index is -0.460. The summed E-state index contributed by atoms with van der Waals surface area (Å²) < 4.78 is 0. The molecule has 1 rings (SSSR count). The second-order valence-corrected chi connectivity index (χ2v) is 3.53. The van der Waals surface area contributed by atoms with Crippen molar-refractivity contribution in [3.05, 3.63) is 46.0 Å². The molecule has 0 bridgehead atoms. The summed E-state index contributed by atoms with van der Waals surface area (Å²) in [4.78, 5) is 10.1. The maximum Gasteiger partial charge on any atom is 0.269 e. The summed E-state index contributed by atoms with van der Waals surface area (Å²) in [6.07, 6.45) is 6.50. The number of non-ortho nitro benzene ring substituents is 1. The smallest absolute Gasteiger partial charge is 0.269 e. The minimum Gasteiger partial charge on any atom is -0.508 e. The van der Waals surface area contributed by atoms with Crippen molar-refractivity contribution < 1.29 is 10.0 Å². The summed E-state index contributed by atoms with van der Waals surface area (Å²) in [7, 11) is 0. The van der Waals surface area contributed by atoms with Crippen LogP contribution in [0.2, 0.25) is 0 Å². The highest BCUT2D eigenvalue weighted by Gasteiger charge is 2.08.